The molecule has 1 aromatic heterocycles. The van der Waals surface area contributed by atoms with Crippen LogP contribution in [0.2, 0.25) is 5.02 Å². The summed E-state index contributed by atoms with van der Waals surface area (Å²) in [5.74, 6) is 1.41. The molecule has 0 aliphatic rings. The van der Waals surface area contributed by atoms with Gasteiger partial charge in [0, 0.05) is 27.6 Å². The molecule has 26 heavy (non-hydrogen) atoms. The number of hydrogen-bond acceptors (Lipinski definition) is 5. The summed E-state index contributed by atoms with van der Waals surface area (Å²) < 4.78 is 12.7. The van der Waals surface area contributed by atoms with E-state index in [1.54, 1.807) is 17.5 Å². The van der Waals surface area contributed by atoms with Gasteiger partial charge in [0.1, 0.15) is 6.61 Å². The van der Waals surface area contributed by atoms with Gasteiger partial charge in [-0.25, -0.2) is 4.98 Å². The van der Waals surface area contributed by atoms with Crippen LogP contribution in [0.4, 0.5) is 5.13 Å². The van der Waals surface area contributed by atoms with Gasteiger partial charge < -0.3 is 14.8 Å². The largest absolute Gasteiger partial charge is 0.490 e. The maximum atomic E-state index is 6.03. The number of thiazole rings is 1. The molecule has 4 nitrogen and oxygen atoms in total. The molecule has 2 aromatic carbocycles. The zero-order valence-electron chi connectivity index (χ0n) is 14.2. The smallest absolute Gasteiger partial charge is 0.182 e. The number of aromatic nitrogens is 1. The highest BCUT2D eigenvalue weighted by molar-refractivity contribution is 9.10. The highest BCUT2D eigenvalue weighted by atomic mass is 79.9. The summed E-state index contributed by atoms with van der Waals surface area (Å²) in [5.41, 5.74) is 2.07. The van der Waals surface area contributed by atoms with E-state index in [1.807, 2.05) is 48.7 Å². The van der Waals surface area contributed by atoms with Gasteiger partial charge in [0.15, 0.2) is 16.6 Å². The molecule has 0 aliphatic heterocycles. The minimum Gasteiger partial charge on any atom is -0.490 e. The molecule has 0 saturated carbocycles. The minimum absolute atomic E-state index is 0.420. The molecule has 0 aliphatic carbocycles. The van der Waals surface area contributed by atoms with Crippen molar-refractivity contribution in [2.45, 2.75) is 20.1 Å². The molecule has 0 fully saturated rings. The predicted octanol–water partition coefficient (Wildman–Crippen LogP) is 6.15. The quantitative estimate of drug-likeness (QED) is 0.444. The summed E-state index contributed by atoms with van der Waals surface area (Å²) in [6.45, 7) is 3.58. The van der Waals surface area contributed by atoms with E-state index in [4.69, 9.17) is 21.1 Å². The standard InChI is InChI=1S/C19H18BrClN2O2S/c1-2-24-17-9-14(11-23-19-22-6-7-26-19)16(20)10-18(17)25-12-13-4-3-5-15(21)8-13/h3-10H,2,11-12H2,1H3,(H,22,23). The highest BCUT2D eigenvalue weighted by Crippen LogP contribution is 2.35. The normalized spacial score (nSPS) is 10.6. The first-order chi connectivity index (χ1) is 12.7. The average molecular weight is 454 g/mol. The highest BCUT2D eigenvalue weighted by Gasteiger charge is 2.12. The number of halogens is 2. The van der Waals surface area contributed by atoms with Crippen LogP contribution in [0, 0.1) is 0 Å². The lowest BCUT2D eigenvalue weighted by molar-refractivity contribution is 0.269. The van der Waals surface area contributed by atoms with Crippen molar-refractivity contribution in [1.82, 2.24) is 4.98 Å². The molecular weight excluding hydrogens is 436 g/mol. The van der Waals surface area contributed by atoms with Gasteiger partial charge in [0.2, 0.25) is 0 Å². The van der Waals surface area contributed by atoms with Crippen LogP contribution in [0.5, 0.6) is 11.5 Å². The summed E-state index contributed by atoms with van der Waals surface area (Å²) in [4.78, 5) is 4.23. The third-order valence-electron chi connectivity index (χ3n) is 3.56. The van der Waals surface area contributed by atoms with Crippen molar-refractivity contribution < 1.29 is 9.47 Å². The SMILES string of the molecule is CCOc1cc(CNc2nccs2)c(Br)cc1OCc1cccc(Cl)c1. The fourth-order valence-electron chi connectivity index (χ4n) is 2.36. The van der Waals surface area contributed by atoms with Crippen LogP contribution in [-0.4, -0.2) is 11.6 Å². The Hall–Kier alpha value is -1.76. The van der Waals surface area contributed by atoms with E-state index in [0.717, 1.165) is 20.7 Å². The van der Waals surface area contributed by atoms with E-state index in [9.17, 15) is 0 Å². The number of ether oxygens (including phenoxy) is 2. The lowest BCUT2D eigenvalue weighted by Gasteiger charge is -2.15. The molecule has 0 amide bonds. The zero-order valence-corrected chi connectivity index (χ0v) is 17.3. The Morgan fingerprint density at radius 3 is 2.77 bits per heavy atom. The Balaban J connectivity index is 1.75. The van der Waals surface area contributed by atoms with Crippen LogP contribution >= 0.6 is 38.9 Å². The van der Waals surface area contributed by atoms with E-state index in [2.05, 4.69) is 26.2 Å². The second-order valence-corrected chi connectivity index (χ2v) is 7.62. The second kappa shape index (κ2) is 9.26. The van der Waals surface area contributed by atoms with Crippen LogP contribution in [-0.2, 0) is 13.2 Å². The van der Waals surface area contributed by atoms with Crippen LogP contribution in [0.25, 0.3) is 0 Å². The zero-order chi connectivity index (χ0) is 18.4. The van der Waals surface area contributed by atoms with E-state index < -0.39 is 0 Å². The number of hydrogen-bond donors (Lipinski definition) is 1. The maximum absolute atomic E-state index is 6.03. The summed E-state index contributed by atoms with van der Waals surface area (Å²) in [6, 6.07) is 11.6. The Kier molecular flexibility index (Phi) is 6.77. The lowest BCUT2D eigenvalue weighted by atomic mass is 10.2. The fourth-order valence-corrected chi connectivity index (χ4v) is 3.57. The van der Waals surface area contributed by atoms with Crippen LogP contribution in [0.3, 0.4) is 0 Å². The van der Waals surface area contributed by atoms with Crippen molar-refractivity contribution in [3.05, 3.63) is 68.6 Å². The van der Waals surface area contributed by atoms with Crippen LogP contribution in [0.15, 0.2) is 52.4 Å². The Bertz CT molecular complexity index is 859. The number of nitrogens with one attached hydrogen (secondary N) is 1. The topological polar surface area (TPSA) is 43.4 Å². The van der Waals surface area contributed by atoms with Gasteiger partial charge in [0.25, 0.3) is 0 Å². The third kappa shape index (κ3) is 5.13. The van der Waals surface area contributed by atoms with Crippen molar-refractivity contribution in [2.24, 2.45) is 0 Å². The molecule has 3 rings (SSSR count). The first-order valence-corrected chi connectivity index (χ1v) is 10.2. The molecule has 3 aromatic rings. The maximum Gasteiger partial charge on any atom is 0.182 e. The van der Waals surface area contributed by atoms with Gasteiger partial charge in [-0.05, 0) is 42.3 Å². The Morgan fingerprint density at radius 2 is 2.04 bits per heavy atom. The lowest BCUT2D eigenvalue weighted by Crippen LogP contribution is -2.04. The summed E-state index contributed by atoms with van der Waals surface area (Å²) in [6.07, 6.45) is 1.78. The number of nitrogens with zero attached hydrogens (tertiary/aromatic N) is 1. The van der Waals surface area contributed by atoms with Gasteiger partial charge >= 0.3 is 0 Å². The summed E-state index contributed by atoms with van der Waals surface area (Å²) in [5, 5.41) is 6.82. The van der Waals surface area contributed by atoms with Crippen molar-refractivity contribution in [1.29, 1.82) is 0 Å². The van der Waals surface area contributed by atoms with Gasteiger partial charge in [-0.2, -0.15) is 0 Å². The molecule has 1 heterocycles. The molecule has 0 unspecified atom stereocenters. The minimum atomic E-state index is 0.420. The van der Waals surface area contributed by atoms with Crippen molar-refractivity contribution in [3.8, 4) is 11.5 Å². The van der Waals surface area contributed by atoms with E-state index in [1.165, 1.54) is 0 Å². The molecule has 0 bridgehead atoms. The summed E-state index contributed by atoms with van der Waals surface area (Å²) in [7, 11) is 0. The first-order valence-electron chi connectivity index (χ1n) is 8.11. The number of rotatable bonds is 8. The first kappa shape index (κ1) is 19.0. The van der Waals surface area contributed by atoms with E-state index >= 15 is 0 Å². The molecule has 0 atom stereocenters. The molecule has 136 valence electrons. The molecule has 7 heteroatoms. The number of benzene rings is 2. The van der Waals surface area contributed by atoms with Crippen molar-refractivity contribution >= 4 is 44.0 Å². The molecule has 1 N–H and O–H groups in total. The second-order valence-electron chi connectivity index (χ2n) is 5.43. The Morgan fingerprint density at radius 1 is 1.19 bits per heavy atom. The van der Waals surface area contributed by atoms with Crippen LogP contribution in [0.1, 0.15) is 18.1 Å². The van der Waals surface area contributed by atoms with E-state index in [-0.39, 0.29) is 0 Å². The Labute approximate surface area is 170 Å². The van der Waals surface area contributed by atoms with Crippen LogP contribution < -0.4 is 14.8 Å². The summed E-state index contributed by atoms with van der Waals surface area (Å²) >= 11 is 11.2. The number of anilines is 1. The van der Waals surface area contributed by atoms with Crippen molar-refractivity contribution in [2.75, 3.05) is 11.9 Å². The van der Waals surface area contributed by atoms with Gasteiger partial charge in [-0.3, -0.25) is 0 Å². The fraction of sp³-hybridized carbons (Fsp3) is 0.211. The van der Waals surface area contributed by atoms with Crippen molar-refractivity contribution in [3.63, 3.8) is 0 Å². The van der Waals surface area contributed by atoms with Gasteiger partial charge in [-0.15, -0.1) is 11.3 Å². The molecule has 0 radical (unpaired) electrons. The van der Waals surface area contributed by atoms with E-state index in [0.29, 0.717) is 36.3 Å². The predicted molar refractivity (Wildman–Crippen MR) is 111 cm³/mol. The average Bonchev–Trinajstić information content (AvgIpc) is 3.14. The molecule has 0 saturated heterocycles. The van der Waals surface area contributed by atoms with Gasteiger partial charge in [0.05, 0.1) is 6.61 Å². The monoisotopic (exact) mass is 452 g/mol. The van der Waals surface area contributed by atoms with Gasteiger partial charge in [-0.1, -0.05) is 39.7 Å². The third-order valence-corrected chi connectivity index (χ3v) is 5.26. The molecular formula is C19H18BrClN2O2S. The molecule has 0 spiro atoms.